The van der Waals surface area contributed by atoms with Gasteiger partial charge in [-0.15, -0.1) is 0 Å². The number of aromatic nitrogens is 2. The maximum atomic E-state index is 12.0. The molecule has 100 valence electrons. The van der Waals surface area contributed by atoms with E-state index in [9.17, 15) is 9.59 Å². The van der Waals surface area contributed by atoms with Crippen LogP contribution in [0.2, 0.25) is 0 Å². The third-order valence-corrected chi connectivity index (χ3v) is 3.42. The molecule has 0 aromatic carbocycles. The van der Waals surface area contributed by atoms with Crippen molar-refractivity contribution < 1.29 is 14.3 Å². The van der Waals surface area contributed by atoms with Crippen LogP contribution in [-0.2, 0) is 6.54 Å². The third kappa shape index (κ3) is 2.70. The SMILES string of the molecule is Cc1cc(Cn2c(C)ncc(I)c2=O)oc1C(=O)O. The molecule has 0 unspecified atom stereocenters. The molecule has 0 radical (unpaired) electrons. The van der Waals surface area contributed by atoms with Crippen LogP contribution >= 0.6 is 22.6 Å². The van der Waals surface area contributed by atoms with Crippen molar-refractivity contribution in [3.63, 3.8) is 0 Å². The van der Waals surface area contributed by atoms with Crippen molar-refractivity contribution >= 4 is 28.6 Å². The Bertz CT molecular complexity index is 702. The highest BCUT2D eigenvalue weighted by Crippen LogP contribution is 2.15. The van der Waals surface area contributed by atoms with E-state index in [0.29, 0.717) is 20.7 Å². The number of carboxylic acids is 1. The van der Waals surface area contributed by atoms with Crippen molar-refractivity contribution in [2.45, 2.75) is 20.4 Å². The first kappa shape index (κ1) is 13.8. The van der Waals surface area contributed by atoms with E-state index >= 15 is 0 Å². The molecule has 19 heavy (non-hydrogen) atoms. The lowest BCUT2D eigenvalue weighted by Crippen LogP contribution is -2.25. The van der Waals surface area contributed by atoms with Gasteiger partial charge < -0.3 is 9.52 Å². The molecule has 1 N–H and O–H groups in total. The van der Waals surface area contributed by atoms with Gasteiger partial charge in [0.15, 0.2) is 0 Å². The zero-order valence-corrected chi connectivity index (χ0v) is 12.5. The van der Waals surface area contributed by atoms with Gasteiger partial charge in [0.2, 0.25) is 5.76 Å². The summed E-state index contributed by atoms with van der Waals surface area (Å²) in [6.45, 7) is 3.53. The second-order valence-corrected chi connectivity index (χ2v) is 5.24. The molecule has 0 aliphatic heterocycles. The fourth-order valence-corrected chi connectivity index (χ4v) is 2.16. The monoisotopic (exact) mass is 374 g/mol. The molecule has 2 aromatic rings. The molecule has 7 heteroatoms. The van der Waals surface area contributed by atoms with Crippen molar-refractivity contribution in [1.82, 2.24) is 9.55 Å². The molecular formula is C12H11IN2O4. The van der Waals surface area contributed by atoms with Crippen molar-refractivity contribution in [3.05, 3.63) is 49.1 Å². The zero-order chi connectivity index (χ0) is 14.2. The summed E-state index contributed by atoms with van der Waals surface area (Å²) in [5, 5.41) is 8.92. The van der Waals surface area contributed by atoms with E-state index in [0.717, 1.165) is 0 Å². The lowest BCUT2D eigenvalue weighted by Gasteiger charge is -2.07. The van der Waals surface area contributed by atoms with E-state index in [2.05, 4.69) is 4.98 Å². The molecule has 0 spiro atoms. The van der Waals surface area contributed by atoms with Crippen LogP contribution in [0, 0.1) is 17.4 Å². The van der Waals surface area contributed by atoms with E-state index in [4.69, 9.17) is 9.52 Å². The van der Waals surface area contributed by atoms with Gasteiger partial charge in [-0.2, -0.15) is 0 Å². The van der Waals surface area contributed by atoms with Crippen molar-refractivity contribution in [1.29, 1.82) is 0 Å². The first-order valence-electron chi connectivity index (χ1n) is 5.44. The van der Waals surface area contributed by atoms with Gasteiger partial charge in [-0.25, -0.2) is 9.78 Å². The van der Waals surface area contributed by atoms with E-state index in [1.54, 1.807) is 19.9 Å². The predicted molar refractivity (Wildman–Crippen MR) is 75.5 cm³/mol. The molecule has 6 nitrogen and oxygen atoms in total. The fourth-order valence-electron chi connectivity index (χ4n) is 1.73. The number of nitrogens with zero attached hydrogens (tertiary/aromatic N) is 2. The topological polar surface area (TPSA) is 85.3 Å². The van der Waals surface area contributed by atoms with E-state index in [1.807, 2.05) is 22.6 Å². The Balaban J connectivity index is 2.42. The Labute approximate surface area is 122 Å². The molecule has 2 heterocycles. The maximum Gasteiger partial charge on any atom is 0.372 e. The molecule has 0 fully saturated rings. The maximum absolute atomic E-state index is 12.0. The van der Waals surface area contributed by atoms with Crippen LogP contribution in [0.1, 0.15) is 27.7 Å². The average Bonchev–Trinajstić information content (AvgIpc) is 2.71. The molecule has 0 saturated carbocycles. The van der Waals surface area contributed by atoms with Crippen LogP contribution in [0.5, 0.6) is 0 Å². The number of aromatic carboxylic acids is 1. The minimum absolute atomic E-state index is 0.0979. The first-order chi connectivity index (χ1) is 8.90. The molecule has 0 atom stereocenters. The Kier molecular flexibility index (Phi) is 3.74. The zero-order valence-electron chi connectivity index (χ0n) is 10.3. The van der Waals surface area contributed by atoms with Gasteiger partial charge >= 0.3 is 5.97 Å². The largest absolute Gasteiger partial charge is 0.475 e. The number of hydrogen-bond donors (Lipinski definition) is 1. The Hall–Kier alpha value is -1.64. The molecule has 0 aliphatic carbocycles. The average molecular weight is 374 g/mol. The normalized spacial score (nSPS) is 10.7. The summed E-state index contributed by atoms with van der Waals surface area (Å²) < 4.78 is 7.19. The van der Waals surface area contributed by atoms with E-state index < -0.39 is 5.97 Å². The first-order valence-corrected chi connectivity index (χ1v) is 6.52. The van der Waals surface area contributed by atoms with Crippen molar-refractivity contribution in [2.75, 3.05) is 0 Å². The minimum Gasteiger partial charge on any atom is -0.475 e. The van der Waals surface area contributed by atoms with Gasteiger partial charge in [0, 0.05) is 11.8 Å². The fraction of sp³-hybridized carbons (Fsp3) is 0.250. The number of halogens is 1. The van der Waals surface area contributed by atoms with Gasteiger partial charge in [0.25, 0.3) is 5.56 Å². The third-order valence-electron chi connectivity index (χ3n) is 2.68. The second-order valence-electron chi connectivity index (χ2n) is 4.07. The Morgan fingerprint density at radius 3 is 2.79 bits per heavy atom. The number of aryl methyl sites for hydroxylation is 2. The summed E-state index contributed by atoms with van der Waals surface area (Å²) in [5.41, 5.74) is 0.366. The summed E-state index contributed by atoms with van der Waals surface area (Å²) in [6, 6.07) is 1.62. The van der Waals surface area contributed by atoms with Gasteiger partial charge in [0.05, 0.1) is 10.1 Å². The Morgan fingerprint density at radius 1 is 1.53 bits per heavy atom. The second kappa shape index (κ2) is 5.16. The number of rotatable bonds is 3. The summed E-state index contributed by atoms with van der Waals surface area (Å²) >= 11 is 1.91. The van der Waals surface area contributed by atoms with Gasteiger partial charge in [-0.3, -0.25) is 9.36 Å². The van der Waals surface area contributed by atoms with Crippen LogP contribution < -0.4 is 5.56 Å². The molecular weight excluding hydrogens is 363 g/mol. The molecule has 0 bridgehead atoms. The number of carboxylic acid groups (broad SMARTS) is 1. The molecule has 2 aromatic heterocycles. The molecule has 0 saturated heterocycles. The highest BCUT2D eigenvalue weighted by Gasteiger charge is 2.15. The molecule has 0 amide bonds. The van der Waals surface area contributed by atoms with Crippen molar-refractivity contribution in [2.24, 2.45) is 0 Å². The minimum atomic E-state index is -1.12. The lowest BCUT2D eigenvalue weighted by molar-refractivity contribution is 0.0659. The van der Waals surface area contributed by atoms with Crippen molar-refractivity contribution in [3.8, 4) is 0 Å². The van der Waals surface area contributed by atoms with Gasteiger partial charge in [0.1, 0.15) is 11.6 Å². The summed E-state index contributed by atoms with van der Waals surface area (Å²) in [7, 11) is 0. The standard InChI is InChI=1S/C12H11IN2O4/c1-6-3-8(19-10(6)12(17)18)5-15-7(2)14-4-9(13)11(15)16/h3-4H,5H2,1-2H3,(H,17,18). The highest BCUT2D eigenvalue weighted by atomic mass is 127. The van der Waals surface area contributed by atoms with E-state index in [-0.39, 0.29) is 17.9 Å². The quantitative estimate of drug-likeness (QED) is 0.829. The van der Waals surface area contributed by atoms with Gasteiger partial charge in [-0.05, 0) is 42.5 Å². The van der Waals surface area contributed by atoms with Crippen LogP contribution in [0.25, 0.3) is 0 Å². The highest BCUT2D eigenvalue weighted by molar-refractivity contribution is 14.1. The summed E-state index contributed by atoms with van der Waals surface area (Å²) in [5.74, 6) is -0.242. The number of carbonyl (C=O) groups is 1. The summed E-state index contributed by atoms with van der Waals surface area (Å²) in [4.78, 5) is 27.0. The molecule has 0 aliphatic rings. The van der Waals surface area contributed by atoms with E-state index in [1.165, 1.54) is 10.8 Å². The Morgan fingerprint density at radius 2 is 2.21 bits per heavy atom. The van der Waals surface area contributed by atoms with Crippen LogP contribution in [0.15, 0.2) is 21.5 Å². The van der Waals surface area contributed by atoms with Crippen LogP contribution in [0.3, 0.4) is 0 Å². The lowest BCUT2D eigenvalue weighted by atomic mass is 10.2. The van der Waals surface area contributed by atoms with Gasteiger partial charge in [-0.1, -0.05) is 0 Å². The number of furan rings is 1. The summed E-state index contributed by atoms with van der Waals surface area (Å²) in [6.07, 6.45) is 1.50. The van der Waals surface area contributed by atoms with Crippen LogP contribution in [0.4, 0.5) is 0 Å². The smallest absolute Gasteiger partial charge is 0.372 e. The predicted octanol–water partition coefficient (Wildman–Crippen LogP) is 1.80. The number of hydrogen-bond acceptors (Lipinski definition) is 4. The molecule has 2 rings (SSSR count). The van der Waals surface area contributed by atoms with Crippen LogP contribution in [-0.4, -0.2) is 20.6 Å².